The summed E-state index contributed by atoms with van der Waals surface area (Å²) in [6.45, 7) is -0.508. The van der Waals surface area contributed by atoms with Gasteiger partial charge in [0, 0.05) is 11.6 Å². The van der Waals surface area contributed by atoms with Crippen LogP contribution in [0.3, 0.4) is 0 Å². The van der Waals surface area contributed by atoms with Crippen LogP contribution in [-0.4, -0.2) is 23.3 Å². The number of nitrogens with zero attached hydrogens (tertiary/aromatic N) is 1. The summed E-state index contributed by atoms with van der Waals surface area (Å²) in [4.78, 5) is 34.1. The van der Waals surface area contributed by atoms with Crippen LogP contribution in [-0.2, 0) is 4.74 Å². The maximum atomic E-state index is 12.0. The molecule has 0 N–H and O–H groups in total. The largest absolute Gasteiger partial charge is 0.454 e. The van der Waals surface area contributed by atoms with Crippen molar-refractivity contribution in [2.24, 2.45) is 0 Å². The molecule has 0 aliphatic carbocycles. The lowest BCUT2D eigenvalue weighted by Crippen LogP contribution is -2.14. The third-order valence-electron chi connectivity index (χ3n) is 2.89. The average Bonchev–Trinajstić information content (AvgIpc) is 2.52. The molecule has 0 aliphatic rings. The highest BCUT2D eigenvalue weighted by Gasteiger charge is 2.18. The van der Waals surface area contributed by atoms with Gasteiger partial charge in [0.2, 0.25) is 5.78 Å². The van der Waals surface area contributed by atoms with E-state index in [4.69, 9.17) is 16.3 Å². The van der Waals surface area contributed by atoms with Crippen molar-refractivity contribution in [3.8, 4) is 0 Å². The standard InChI is InChI=1S/C15H9BrClNO5/c16-11-6-5-9(7-13(11)18(21)22)15(20)23-8-14(19)10-3-1-2-4-12(10)17/h1-7H,8H2. The Balaban J connectivity index is 2.08. The third-order valence-corrected chi connectivity index (χ3v) is 3.89. The van der Waals surface area contributed by atoms with E-state index >= 15 is 0 Å². The van der Waals surface area contributed by atoms with Gasteiger partial charge in [0.1, 0.15) is 0 Å². The van der Waals surface area contributed by atoms with Gasteiger partial charge in [-0.25, -0.2) is 4.79 Å². The van der Waals surface area contributed by atoms with Crippen molar-refractivity contribution in [1.82, 2.24) is 0 Å². The Kier molecular flexibility index (Phi) is 5.46. The van der Waals surface area contributed by atoms with E-state index in [1.807, 2.05) is 0 Å². The maximum absolute atomic E-state index is 12.0. The summed E-state index contributed by atoms with van der Waals surface area (Å²) in [5.41, 5.74) is -0.0486. The number of carbonyl (C=O) groups is 2. The Morgan fingerprint density at radius 3 is 2.57 bits per heavy atom. The van der Waals surface area contributed by atoms with E-state index in [9.17, 15) is 19.7 Å². The van der Waals surface area contributed by atoms with Gasteiger partial charge in [0.05, 0.1) is 20.0 Å². The molecule has 118 valence electrons. The monoisotopic (exact) mass is 397 g/mol. The van der Waals surface area contributed by atoms with E-state index in [-0.39, 0.29) is 26.3 Å². The molecule has 0 fully saturated rings. The van der Waals surface area contributed by atoms with Crippen LogP contribution in [0.15, 0.2) is 46.9 Å². The molecule has 0 saturated heterocycles. The van der Waals surface area contributed by atoms with Crippen molar-refractivity contribution in [3.05, 3.63) is 73.2 Å². The molecule has 0 saturated carbocycles. The fraction of sp³-hybridized carbons (Fsp3) is 0.0667. The SMILES string of the molecule is O=C(OCC(=O)c1ccccc1Cl)c1ccc(Br)c([N+](=O)[O-])c1. The number of nitro benzene ring substituents is 1. The molecular weight excluding hydrogens is 390 g/mol. The summed E-state index contributed by atoms with van der Waals surface area (Å²) in [6.07, 6.45) is 0. The smallest absolute Gasteiger partial charge is 0.338 e. The molecule has 2 aromatic rings. The van der Waals surface area contributed by atoms with Crippen LogP contribution in [0.1, 0.15) is 20.7 Å². The second kappa shape index (κ2) is 7.34. The Bertz CT molecular complexity index is 793. The zero-order chi connectivity index (χ0) is 17.0. The minimum atomic E-state index is -0.832. The highest BCUT2D eigenvalue weighted by molar-refractivity contribution is 9.10. The summed E-state index contributed by atoms with van der Waals surface area (Å²) in [5.74, 6) is -1.29. The summed E-state index contributed by atoms with van der Waals surface area (Å²) >= 11 is 8.90. The van der Waals surface area contributed by atoms with Gasteiger partial charge in [-0.3, -0.25) is 14.9 Å². The van der Waals surface area contributed by atoms with Crippen molar-refractivity contribution in [2.45, 2.75) is 0 Å². The number of benzene rings is 2. The molecule has 0 atom stereocenters. The topological polar surface area (TPSA) is 86.5 Å². The molecule has 0 bridgehead atoms. The van der Waals surface area contributed by atoms with Gasteiger partial charge in [-0.2, -0.15) is 0 Å². The number of nitro groups is 1. The Morgan fingerprint density at radius 2 is 1.91 bits per heavy atom. The first-order chi connectivity index (χ1) is 10.9. The number of rotatable bonds is 5. The highest BCUT2D eigenvalue weighted by Crippen LogP contribution is 2.26. The van der Waals surface area contributed by atoms with Crippen LogP contribution in [0.4, 0.5) is 5.69 Å². The number of esters is 1. The van der Waals surface area contributed by atoms with Crippen molar-refractivity contribution in [2.75, 3.05) is 6.61 Å². The quantitative estimate of drug-likeness (QED) is 0.328. The van der Waals surface area contributed by atoms with E-state index in [0.29, 0.717) is 0 Å². The third kappa shape index (κ3) is 4.14. The fourth-order valence-corrected chi connectivity index (χ4v) is 2.39. The van der Waals surface area contributed by atoms with Crippen LogP contribution in [0.5, 0.6) is 0 Å². The van der Waals surface area contributed by atoms with Gasteiger partial charge < -0.3 is 4.74 Å². The van der Waals surface area contributed by atoms with Crippen molar-refractivity contribution in [1.29, 1.82) is 0 Å². The Hall–Kier alpha value is -2.25. The molecule has 0 heterocycles. The van der Waals surface area contributed by atoms with Gasteiger partial charge in [-0.05, 0) is 40.2 Å². The number of halogens is 2. The van der Waals surface area contributed by atoms with Crippen LogP contribution >= 0.6 is 27.5 Å². The number of carbonyl (C=O) groups excluding carboxylic acids is 2. The number of hydrogen-bond donors (Lipinski definition) is 0. The lowest BCUT2D eigenvalue weighted by atomic mass is 10.1. The van der Waals surface area contributed by atoms with Crippen molar-refractivity contribution < 1.29 is 19.2 Å². The minimum absolute atomic E-state index is 0.0214. The number of hydrogen-bond acceptors (Lipinski definition) is 5. The molecule has 0 spiro atoms. The zero-order valence-electron chi connectivity index (χ0n) is 11.5. The maximum Gasteiger partial charge on any atom is 0.338 e. The van der Waals surface area contributed by atoms with E-state index in [1.165, 1.54) is 18.2 Å². The summed E-state index contributed by atoms with van der Waals surface area (Å²) in [6, 6.07) is 10.2. The predicted molar refractivity (Wildman–Crippen MR) is 86.9 cm³/mol. The van der Waals surface area contributed by atoms with Gasteiger partial charge in [-0.1, -0.05) is 23.7 Å². The highest BCUT2D eigenvalue weighted by atomic mass is 79.9. The fourth-order valence-electron chi connectivity index (χ4n) is 1.76. The molecule has 0 aliphatic heterocycles. The van der Waals surface area contributed by atoms with Gasteiger partial charge >= 0.3 is 5.97 Å². The summed E-state index contributed by atoms with van der Waals surface area (Å²) in [7, 11) is 0. The van der Waals surface area contributed by atoms with E-state index < -0.39 is 23.3 Å². The van der Waals surface area contributed by atoms with Crippen molar-refractivity contribution >= 4 is 45.0 Å². The first kappa shape index (κ1) is 17.1. The molecule has 8 heteroatoms. The molecule has 2 aromatic carbocycles. The second-order valence-corrected chi connectivity index (χ2v) is 5.66. The van der Waals surface area contributed by atoms with E-state index in [1.54, 1.807) is 18.2 Å². The lowest BCUT2D eigenvalue weighted by Gasteiger charge is -2.06. The number of ether oxygens (including phenoxy) is 1. The molecule has 2 rings (SSSR count). The Labute approximate surface area is 144 Å². The summed E-state index contributed by atoms with van der Waals surface area (Å²) < 4.78 is 5.13. The van der Waals surface area contributed by atoms with Crippen LogP contribution < -0.4 is 0 Å². The van der Waals surface area contributed by atoms with Gasteiger partial charge in [0.15, 0.2) is 6.61 Å². The number of ketones is 1. The molecule has 23 heavy (non-hydrogen) atoms. The van der Waals surface area contributed by atoms with Crippen LogP contribution in [0, 0.1) is 10.1 Å². The Morgan fingerprint density at radius 1 is 1.22 bits per heavy atom. The van der Waals surface area contributed by atoms with E-state index in [2.05, 4.69) is 15.9 Å². The molecule has 0 aromatic heterocycles. The second-order valence-electron chi connectivity index (χ2n) is 4.40. The molecule has 0 unspecified atom stereocenters. The molecule has 0 amide bonds. The first-order valence-electron chi connectivity index (χ1n) is 6.29. The normalized spacial score (nSPS) is 10.2. The summed E-state index contributed by atoms with van der Waals surface area (Å²) in [5, 5.41) is 11.1. The molecule has 0 radical (unpaired) electrons. The molecule has 6 nitrogen and oxygen atoms in total. The predicted octanol–water partition coefficient (Wildman–Crippen LogP) is 4.05. The van der Waals surface area contributed by atoms with E-state index in [0.717, 1.165) is 6.07 Å². The van der Waals surface area contributed by atoms with Crippen molar-refractivity contribution in [3.63, 3.8) is 0 Å². The van der Waals surface area contributed by atoms with Gasteiger partial charge in [-0.15, -0.1) is 0 Å². The van der Waals surface area contributed by atoms with Gasteiger partial charge in [0.25, 0.3) is 5.69 Å². The minimum Gasteiger partial charge on any atom is -0.454 e. The zero-order valence-corrected chi connectivity index (χ0v) is 13.8. The lowest BCUT2D eigenvalue weighted by molar-refractivity contribution is -0.385. The number of Topliss-reactive ketones (excluding diaryl/α,β-unsaturated/α-hetero) is 1. The van der Waals surface area contributed by atoms with Crippen LogP contribution in [0.25, 0.3) is 0 Å². The molecular formula is C15H9BrClNO5. The average molecular weight is 399 g/mol. The first-order valence-corrected chi connectivity index (χ1v) is 7.46. The van der Waals surface area contributed by atoms with Crippen LogP contribution in [0.2, 0.25) is 5.02 Å².